The maximum atomic E-state index is 12.4. The van der Waals surface area contributed by atoms with Gasteiger partial charge in [0.05, 0.1) is 6.61 Å². The summed E-state index contributed by atoms with van der Waals surface area (Å²) in [6.45, 7) is 3.29. The SMILES string of the molecule is CCCCCCCOc1ccc(C(=O)NC(=S)NNC(=O)c2ccc(OCc3ccccc3)cc2)cc1. The Labute approximate surface area is 223 Å². The molecule has 0 unspecified atom stereocenters. The Morgan fingerprint density at radius 2 is 1.30 bits per heavy atom. The fourth-order valence-corrected chi connectivity index (χ4v) is 3.58. The van der Waals surface area contributed by atoms with E-state index in [1.165, 1.54) is 19.3 Å². The van der Waals surface area contributed by atoms with Gasteiger partial charge in [0.25, 0.3) is 11.8 Å². The van der Waals surface area contributed by atoms with Gasteiger partial charge in [-0.05, 0) is 72.7 Å². The van der Waals surface area contributed by atoms with Crippen LogP contribution in [-0.2, 0) is 6.61 Å². The molecule has 0 aliphatic carbocycles. The van der Waals surface area contributed by atoms with Gasteiger partial charge in [0.2, 0.25) is 0 Å². The quantitative estimate of drug-likeness (QED) is 0.165. The van der Waals surface area contributed by atoms with E-state index in [0.717, 1.165) is 24.2 Å². The van der Waals surface area contributed by atoms with Crippen molar-refractivity contribution in [3.8, 4) is 11.5 Å². The number of carbonyl (C=O) groups excluding carboxylic acids is 2. The van der Waals surface area contributed by atoms with Crippen LogP contribution in [0, 0.1) is 0 Å². The predicted molar refractivity (Wildman–Crippen MR) is 149 cm³/mol. The van der Waals surface area contributed by atoms with E-state index >= 15 is 0 Å². The van der Waals surface area contributed by atoms with Crippen LogP contribution < -0.4 is 25.6 Å². The van der Waals surface area contributed by atoms with Crippen molar-refractivity contribution in [3.63, 3.8) is 0 Å². The Morgan fingerprint density at radius 1 is 0.703 bits per heavy atom. The van der Waals surface area contributed by atoms with Gasteiger partial charge in [-0.3, -0.25) is 25.8 Å². The minimum absolute atomic E-state index is 0.0198. The van der Waals surface area contributed by atoms with Crippen LogP contribution in [0.2, 0.25) is 0 Å². The molecule has 2 amide bonds. The number of amides is 2. The minimum atomic E-state index is -0.401. The number of nitrogens with one attached hydrogen (secondary N) is 3. The number of hydrogen-bond acceptors (Lipinski definition) is 5. The van der Waals surface area contributed by atoms with Crippen LogP contribution in [0.25, 0.3) is 0 Å². The smallest absolute Gasteiger partial charge is 0.269 e. The molecule has 3 aromatic rings. The van der Waals surface area contributed by atoms with Gasteiger partial charge in [-0.1, -0.05) is 62.9 Å². The summed E-state index contributed by atoms with van der Waals surface area (Å²) in [5.74, 6) is 0.580. The fourth-order valence-electron chi connectivity index (χ4n) is 3.43. The molecule has 8 heteroatoms. The molecule has 0 heterocycles. The van der Waals surface area contributed by atoms with Crippen LogP contribution >= 0.6 is 12.2 Å². The number of unbranched alkanes of at least 4 members (excludes halogenated alkanes) is 4. The normalized spacial score (nSPS) is 10.3. The molecule has 3 rings (SSSR count). The molecule has 7 nitrogen and oxygen atoms in total. The second-order valence-corrected chi connectivity index (χ2v) is 8.86. The first-order chi connectivity index (χ1) is 18.0. The number of hydrazine groups is 1. The van der Waals surface area contributed by atoms with Crippen molar-refractivity contribution >= 4 is 29.1 Å². The zero-order valence-corrected chi connectivity index (χ0v) is 21.8. The summed E-state index contributed by atoms with van der Waals surface area (Å²) in [6, 6.07) is 23.4. The molecule has 0 aliphatic rings. The lowest BCUT2D eigenvalue weighted by molar-refractivity contribution is 0.0934. The van der Waals surface area contributed by atoms with Gasteiger partial charge in [-0.25, -0.2) is 0 Å². The highest BCUT2D eigenvalue weighted by molar-refractivity contribution is 7.80. The van der Waals surface area contributed by atoms with E-state index in [-0.39, 0.29) is 5.11 Å². The van der Waals surface area contributed by atoms with E-state index in [9.17, 15) is 9.59 Å². The lowest BCUT2D eigenvalue weighted by Crippen LogP contribution is -2.48. The fraction of sp³-hybridized carbons (Fsp3) is 0.276. The Kier molecular flexibility index (Phi) is 11.4. The molecule has 0 aromatic heterocycles. The summed E-state index contributed by atoms with van der Waals surface area (Å²) in [6.07, 6.45) is 5.87. The summed E-state index contributed by atoms with van der Waals surface area (Å²) >= 11 is 5.12. The Morgan fingerprint density at radius 3 is 1.95 bits per heavy atom. The average Bonchev–Trinajstić information content (AvgIpc) is 2.93. The minimum Gasteiger partial charge on any atom is -0.494 e. The maximum Gasteiger partial charge on any atom is 0.269 e. The van der Waals surface area contributed by atoms with Crippen molar-refractivity contribution in [1.82, 2.24) is 16.2 Å². The third kappa shape index (κ3) is 9.93. The van der Waals surface area contributed by atoms with Crippen LogP contribution in [0.4, 0.5) is 0 Å². The second kappa shape index (κ2) is 15.3. The highest BCUT2D eigenvalue weighted by Gasteiger charge is 2.10. The number of carbonyl (C=O) groups is 2. The van der Waals surface area contributed by atoms with Gasteiger partial charge in [0.15, 0.2) is 5.11 Å². The molecule has 3 aromatic carbocycles. The number of benzene rings is 3. The van der Waals surface area contributed by atoms with E-state index in [0.29, 0.717) is 30.1 Å². The van der Waals surface area contributed by atoms with Crippen LogP contribution in [0.1, 0.15) is 65.3 Å². The molecule has 0 spiro atoms. The third-order valence-corrected chi connectivity index (χ3v) is 5.72. The third-order valence-electron chi connectivity index (χ3n) is 5.51. The van der Waals surface area contributed by atoms with Gasteiger partial charge >= 0.3 is 0 Å². The first-order valence-corrected chi connectivity index (χ1v) is 12.9. The van der Waals surface area contributed by atoms with E-state index < -0.39 is 11.8 Å². The van der Waals surface area contributed by atoms with Crippen molar-refractivity contribution in [2.75, 3.05) is 6.61 Å². The van der Waals surface area contributed by atoms with Crippen molar-refractivity contribution in [2.45, 2.75) is 45.6 Å². The van der Waals surface area contributed by atoms with Crippen LogP contribution in [0.3, 0.4) is 0 Å². The molecule has 0 bridgehead atoms. The van der Waals surface area contributed by atoms with Crippen molar-refractivity contribution in [1.29, 1.82) is 0 Å². The molecular formula is C29H33N3O4S. The van der Waals surface area contributed by atoms with E-state index in [2.05, 4.69) is 23.1 Å². The van der Waals surface area contributed by atoms with Crippen molar-refractivity contribution in [2.24, 2.45) is 0 Å². The molecular weight excluding hydrogens is 486 g/mol. The van der Waals surface area contributed by atoms with Crippen LogP contribution in [-0.4, -0.2) is 23.5 Å². The summed E-state index contributed by atoms with van der Waals surface area (Å²) in [5.41, 5.74) is 6.92. The lowest BCUT2D eigenvalue weighted by atomic mass is 10.2. The Bertz CT molecular complexity index is 1140. The molecule has 0 radical (unpaired) electrons. The molecule has 3 N–H and O–H groups in total. The second-order valence-electron chi connectivity index (χ2n) is 8.45. The lowest BCUT2D eigenvalue weighted by Gasteiger charge is -2.12. The number of ether oxygens (including phenoxy) is 2. The topological polar surface area (TPSA) is 88.7 Å². The molecule has 0 fully saturated rings. The van der Waals surface area contributed by atoms with E-state index in [4.69, 9.17) is 21.7 Å². The largest absolute Gasteiger partial charge is 0.494 e. The molecule has 0 saturated heterocycles. The summed E-state index contributed by atoms with van der Waals surface area (Å²) in [4.78, 5) is 24.8. The van der Waals surface area contributed by atoms with E-state index in [1.807, 2.05) is 30.3 Å². The first kappa shape index (κ1) is 27.7. The molecule has 194 valence electrons. The van der Waals surface area contributed by atoms with Gasteiger partial charge in [0.1, 0.15) is 18.1 Å². The maximum absolute atomic E-state index is 12.4. The van der Waals surface area contributed by atoms with Gasteiger partial charge in [-0.2, -0.15) is 0 Å². The standard InChI is InChI=1S/C29H33N3O4S/c1-2-3-4-5-9-20-35-25-16-12-23(13-17-25)27(33)30-29(37)32-31-28(34)24-14-18-26(19-15-24)36-21-22-10-7-6-8-11-22/h6-8,10-19H,2-5,9,20-21H2,1H3,(H,31,34)(H2,30,32,33,37). The average molecular weight is 520 g/mol. The monoisotopic (exact) mass is 519 g/mol. The number of rotatable bonds is 12. The molecule has 0 saturated carbocycles. The molecule has 37 heavy (non-hydrogen) atoms. The Hall–Kier alpha value is -3.91. The molecule has 0 aliphatic heterocycles. The van der Waals surface area contributed by atoms with Crippen LogP contribution in [0.15, 0.2) is 78.9 Å². The van der Waals surface area contributed by atoms with E-state index in [1.54, 1.807) is 48.5 Å². The first-order valence-electron chi connectivity index (χ1n) is 12.5. The number of hydrogen-bond donors (Lipinski definition) is 3. The summed E-state index contributed by atoms with van der Waals surface area (Å²) in [5, 5.41) is 2.52. The Balaban J connectivity index is 1.36. The highest BCUT2D eigenvalue weighted by atomic mass is 32.1. The summed E-state index contributed by atoms with van der Waals surface area (Å²) in [7, 11) is 0. The van der Waals surface area contributed by atoms with Crippen LogP contribution in [0.5, 0.6) is 11.5 Å². The predicted octanol–water partition coefficient (Wildman–Crippen LogP) is 5.56. The van der Waals surface area contributed by atoms with Gasteiger partial charge < -0.3 is 9.47 Å². The molecule has 0 atom stereocenters. The summed E-state index contributed by atoms with van der Waals surface area (Å²) < 4.78 is 11.5. The van der Waals surface area contributed by atoms with Crippen molar-refractivity contribution in [3.05, 3.63) is 95.6 Å². The zero-order valence-electron chi connectivity index (χ0n) is 21.0. The van der Waals surface area contributed by atoms with Gasteiger partial charge in [-0.15, -0.1) is 0 Å². The highest BCUT2D eigenvalue weighted by Crippen LogP contribution is 2.15. The number of thiocarbonyl (C=S) groups is 1. The van der Waals surface area contributed by atoms with Crippen molar-refractivity contribution < 1.29 is 19.1 Å². The van der Waals surface area contributed by atoms with Gasteiger partial charge in [0, 0.05) is 11.1 Å². The zero-order chi connectivity index (χ0) is 26.3.